The fraction of sp³-hybridized carbons (Fsp3) is 0.375. The van der Waals surface area contributed by atoms with E-state index in [-0.39, 0.29) is 6.04 Å². The van der Waals surface area contributed by atoms with Gasteiger partial charge in [-0.2, -0.15) is 0 Å². The van der Waals surface area contributed by atoms with Gasteiger partial charge in [-0.3, -0.25) is 9.97 Å². The van der Waals surface area contributed by atoms with E-state index in [1.165, 1.54) is 5.56 Å². The predicted octanol–water partition coefficient (Wildman–Crippen LogP) is 3.15. The number of nitrogens with zero attached hydrogens (tertiary/aromatic N) is 2. The minimum Gasteiger partial charge on any atom is -0.306 e. The van der Waals surface area contributed by atoms with E-state index in [1.807, 2.05) is 6.20 Å². The van der Waals surface area contributed by atoms with Gasteiger partial charge < -0.3 is 5.32 Å². The molecular weight excluding hydrogens is 234 g/mol. The van der Waals surface area contributed by atoms with Gasteiger partial charge in [-0.15, -0.1) is 0 Å². The average molecular weight is 255 g/mol. The third-order valence-electron chi connectivity index (χ3n) is 3.27. The average Bonchev–Trinajstić information content (AvgIpc) is 2.47. The van der Waals surface area contributed by atoms with Crippen LogP contribution in [0.1, 0.15) is 37.6 Å². The second kappa shape index (κ2) is 7.00. The molecule has 0 bridgehead atoms. The zero-order chi connectivity index (χ0) is 13.5. The Morgan fingerprint density at radius 1 is 1.11 bits per heavy atom. The third kappa shape index (κ3) is 4.45. The van der Waals surface area contributed by atoms with Crippen LogP contribution in [-0.2, 0) is 6.42 Å². The lowest BCUT2D eigenvalue weighted by atomic mass is 10.1. The van der Waals surface area contributed by atoms with Crippen LogP contribution in [0.2, 0.25) is 0 Å². The van der Waals surface area contributed by atoms with Crippen LogP contribution < -0.4 is 5.32 Å². The fourth-order valence-corrected chi connectivity index (χ4v) is 2.16. The molecule has 0 aliphatic rings. The van der Waals surface area contributed by atoms with Gasteiger partial charge in [-0.05, 0) is 32.3 Å². The van der Waals surface area contributed by atoms with Crippen LogP contribution in [0.3, 0.4) is 0 Å². The van der Waals surface area contributed by atoms with Crippen molar-refractivity contribution in [2.45, 2.75) is 38.8 Å². The molecule has 0 spiro atoms. The highest BCUT2D eigenvalue weighted by molar-refractivity contribution is 5.14. The molecule has 2 atom stereocenters. The lowest BCUT2D eigenvalue weighted by molar-refractivity contribution is 0.449. The molecule has 19 heavy (non-hydrogen) atoms. The molecular formula is C16H21N3. The Bertz CT molecular complexity index is 470. The first kappa shape index (κ1) is 13.7. The Morgan fingerprint density at radius 2 is 1.89 bits per heavy atom. The van der Waals surface area contributed by atoms with E-state index in [2.05, 4.69) is 59.5 Å². The van der Waals surface area contributed by atoms with Crippen molar-refractivity contribution in [2.24, 2.45) is 0 Å². The van der Waals surface area contributed by atoms with Crippen molar-refractivity contribution >= 4 is 0 Å². The third-order valence-corrected chi connectivity index (χ3v) is 3.27. The molecule has 100 valence electrons. The lowest BCUT2D eigenvalue weighted by Gasteiger charge is -2.19. The molecule has 0 aliphatic heterocycles. The molecule has 1 aromatic heterocycles. The number of nitrogens with one attached hydrogen (secondary N) is 1. The maximum absolute atomic E-state index is 4.33. The van der Waals surface area contributed by atoms with Gasteiger partial charge in [0.1, 0.15) is 0 Å². The molecule has 1 heterocycles. The lowest BCUT2D eigenvalue weighted by Crippen LogP contribution is -2.29. The number of aryl methyl sites for hydroxylation is 1. The molecule has 0 saturated carbocycles. The summed E-state index contributed by atoms with van der Waals surface area (Å²) in [6, 6.07) is 11.3. The fourth-order valence-electron chi connectivity index (χ4n) is 2.16. The van der Waals surface area contributed by atoms with Crippen LogP contribution in [0.15, 0.2) is 48.9 Å². The Labute approximate surface area is 115 Å². The number of aromatic nitrogens is 2. The van der Waals surface area contributed by atoms with Crippen molar-refractivity contribution < 1.29 is 0 Å². The molecule has 1 N–H and O–H groups in total. The van der Waals surface area contributed by atoms with E-state index < -0.39 is 0 Å². The van der Waals surface area contributed by atoms with Crippen LogP contribution in [0.25, 0.3) is 0 Å². The van der Waals surface area contributed by atoms with E-state index in [1.54, 1.807) is 12.4 Å². The highest BCUT2D eigenvalue weighted by Crippen LogP contribution is 2.11. The summed E-state index contributed by atoms with van der Waals surface area (Å²) in [5.74, 6) is 0. The molecule has 3 nitrogen and oxygen atoms in total. The maximum Gasteiger partial charge on any atom is 0.0753 e. The van der Waals surface area contributed by atoms with Crippen molar-refractivity contribution in [3.63, 3.8) is 0 Å². The zero-order valence-electron chi connectivity index (χ0n) is 11.6. The summed E-state index contributed by atoms with van der Waals surface area (Å²) in [4.78, 5) is 8.43. The summed E-state index contributed by atoms with van der Waals surface area (Å²) in [5.41, 5.74) is 2.39. The molecule has 3 heteroatoms. The van der Waals surface area contributed by atoms with Gasteiger partial charge in [0.25, 0.3) is 0 Å². The van der Waals surface area contributed by atoms with Gasteiger partial charge >= 0.3 is 0 Å². The van der Waals surface area contributed by atoms with Crippen LogP contribution in [-0.4, -0.2) is 16.0 Å². The summed E-state index contributed by atoms with van der Waals surface area (Å²) in [5, 5.41) is 3.56. The summed E-state index contributed by atoms with van der Waals surface area (Å²) >= 11 is 0. The summed E-state index contributed by atoms with van der Waals surface area (Å²) < 4.78 is 0. The Kier molecular flexibility index (Phi) is 5.04. The van der Waals surface area contributed by atoms with Gasteiger partial charge in [0.15, 0.2) is 0 Å². The minimum atomic E-state index is 0.236. The Balaban J connectivity index is 1.80. The SMILES string of the molecule is CC(CCc1ccccc1)NC(C)c1cnccn1. The van der Waals surface area contributed by atoms with E-state index in [4.69, 9.17) is 0 Å². The summed E-state index contributed by atoms with van der Waals surface area (Å²) in [6.07, 6.45) is 7.48. The van der Waals surface area contributed by atoms with Crippen LogP contribution in [0.5, 0.6) is 0 Å². The molecule has 2 rings (SSSR count). The van der Waals surface area contributed by atoms with E-state index >= 15 is 0 Å². The molecule has 2 aromatic rings. The van der Waals surface area contributed by atoms with E-state index in [0.29, 0.717) is 6.04 Å². The first-order chi connectivity index (χ1) is 9.25. The van der Waals surface area contributed by atoms with Crippen molar-refractivity contribution in [2.75, 3.05) is 0 Å². The predicted molar refractivity (Wildman–Crippen MR) is 77.8 cm³/mol. The van der Waals surface area contributed by atoms with Crippen molar-refractivity contribution in [3.8, 4) is 0 Å². The van der Waals surface area contributed by atoms with Crippen LogP contribution in [0.4, 0.5) is 0 Å². The highest BCUT2D eigenvalue weighted by Gasteiger charge is 2.10. The molecule has 0 amide bonds. The van der Waals surface area contributed by atoms with E-state index in [9.17, 15) is 0 Å². The first-order valence-electron chi connectivity index (χ1n) is 6.81. The number of rotatable bonds is 6. The van der Waals surface area contributed by atoms with E-state index in [0.717, 1.165) is 18.5 Å². The van der Waals surface area contributed by atoms with Crippen molar-refractivity contribution in [1.29, 1.82) is 0 Å². The highest BCUT2D eigenvalue weighted by atomic mass is 15.0. The van der Waals surface area contributed by atoms with Gasteiger partial charge in [0.05, 0.1) is 5.69 Å². The second-order valence-corrected chi connectivity index (χ2v) is 4.94. The molecule has 1 aromatic carbocycles. The molecule has 0 radical (unpaired) electrons. The second-order valence-electron chi connectivity index (χ2n) is 4.94. The zero-order valence-corrected chi connectivity index (χ0v) is 11.6. The van der Waals surface area contributed by atoms with Crippen molar-refractivity contribution in [1.82, 2.24) is 15.3 Å². The smallest absolute Gasteiger partial charge is 0.0753 e. The standard InChI is InChI=1S/C16H21N3/c1-13(8-9-15-6-4-3-5-7-15)19-14(2)16-12-17-10-11-18-16/h3-7,10-14,19H,8-9H2,1-2H3. The maximum atomic E-state index is 4.33. The summed E-state index contributed by atoms with van der Waals surface area (Å²) in [6.45, 7) is 4.35. The van der Waals surface area contributed by atoms with Gasteiger partial charge in [-0.1, -0.05) is 30.3 Å². The molecule has 0 fully saturated rings. The van der Waals surface area contributed by atoms with Gasteiger partial charge in [-0.25, -0.2) is 0 Å². The molecule has 2 unspecified atom stereocenters. The largest absolute Gasteiger partial charge is 0.306 e. The van der Waals surface area contributed by atoms with Crippen LogP contribution in [0, 0.1) is 0 Å². The molecule has 0 aliphatic carbocycles. The minimum absolute atomic E-state index is 0.236. The van der Waals surface area contributed by atoms with Gasteiger partial charge in [0.2, 0.25) is 0 Å². The van der Waals surface area contributed by atoms with Gasteiger partial charge in [0, 0.05) is 30.7 Å². The number of benzene rings is 1. The monoisotopic (exact) mass is 255 g/mol. The number of hydrogen-bond donors (Lipinski definition) is 1. The Hall–Kier alpha value is -1.74. The number of hydrogen-bond acceptors (Lipinski definition) is 3. The first-order valence-corrected chi connectivity index (χ1v) is 6.81. The Morgan fingerprint density at radius 3 is 2.58 bits per heavy atom. The molecule has 0 saturated heterocycles. The summed E-state index contributed by atoms with van der Waals surface area (Å²) in [7, 11) is 0. The quantitative estimate of drug-likeness (QED) is 0.861. The normalized spacial score (nSPS) is 14.0. The van der Waals surface area contributed by atoms with Crippen molar-refractivity contribution in [3.05, 3.63) is 60.2 Å². The van der Waals surface area contributed by atoms with Crippen LogP contribution >= 0.6 is 0 Å². The topological polar surface area (TPSA) is 37.8 Å².